The van der Waals surface area contributed by atoms with Gasteiger partial charge >= 0.3 is 0 Å². The van der Waals surface area contributed by atoms with Crippen molar-refractivity contribution in [3.8, 4) is 102 Å². The number of thiophene rings is 1. The molecule has 0 spiro atoms. The molecule has 95 heavy (non-hydrogen) atoms. The second kappa shape index (κ2) is 30.2. The minimum absolute atomic E-state index is 0. The van der Waals surface area contributed by atoms with Gasteiger partial charge in [0.1, 0.15) is 17.1 Å². The highest BCUT2D eigenvalue weighted by Gasteiger charge is 2.24. The van der Waals surface area contributed by atoms with Crippen molar-refractivity contribution in [1.29, 1.82) is 0 Å². The van der Waals surface area contributed by atoms with Crippen molar-refractivity contribution in [2.75, 3.05) is 26.4 Å². The summed E-state index contributed by atoms with van der Waals surface area (Å²) in [5, 5.41) is 28.6. The van der Waals surface area contributed by atoms with Crippen molar-refractivity contribution >= 4 is 43.7 Å². The Balaban J connectivity index is 0.000000203. The number of rotatable bonds is 17. The van der Waals surface area contributed by atoms with Gasteiger partial charge < -0.3 is 28.9 Å². The van der Waals surface area contributed by atoms with E-state index >= 15 is 0 Å². The molecule has 8 heterocycles. The van der Waals surface area contributed by atoms with Crippen LogP contribution in [0.5, 0.6) is 0 Å². The molecule has 0 amide bonds. The first kappa shape index (κ1) is 67.6. The fourth-order valence-electron chi connectivity index (χ4n) is 9.87. The first-order valence-corrected chi connectivity index (χ1v) is 33.7. The molecule has 21 nitrogen and oxygen atoms in total. The molecule has 490 valence electrons. The molecule has 2 atom stereocenters. The van der Waals surface area contributed by atoms with Gasteiger partial charge in [0.05, 0.1) is 85.4 Å². The Bertz CT molecular complexity index is 4820. The maximum atomic E-state index is 13.2. The lowest BCUT2D eigenvalue weighted by molar-refractivity contribution is 0.580. The van der Waals surface area contributed by atoms with E-state index in [-0.39, 0.29) is 37.4 Å². The molecule has 1 aliphatic heterocycles. The third kappa shape index (κ3) is 15.7. The topological polar surface area (TPSA) is 292 Å². The van der Waals surface area contributed by atoms with Crippen molar-refractivity contribution in [1.82, 2.24) is 70.7 Å². The summed E-state index contributed by atoms with van der Waals surface area (Å²) in [5.74, 6) is 2.26. The van der Waals surface area contributed by atoms with Gasteiger partial charge in [-0.2, -0.15) is 0 Å². The normalized spacial score (nSPS) is 13.2. The van der Waals surface area contributed by atoms with Crippen molar-refractivity contribution < 1.29 is 40.0 Å². The van der Waals surface area contributed by atoms with Gasteiger partial charge in [0.25, 0.3) is 23.6 Å². The minimum atomic E-state index is -3.25. The Morgan fingerprint density at radius 2 is 1.15 bits per heavy atom. The number of sulfone groups is 1. The zero-order chi connectivity index (χ0) is 66.0. The second-order valence-electron chi connectivity index (χ2n) is 22.1. The van der Waals surface area contributed by atoms with Crippen molar-refractivity contribution in [2.45, 2.75) is 75.5 Å². The molecule has 3 N–H and O–H groups in total. The lowest BCUT2D eigenvalue weighted by atomic mass is 10.00. The van der Waals surface area contributed by atoms with Crippen LogP contribution in [0.4, 0.5) is 4.39 Å². The first-order valence-electron chi connectivity index (χ1n) is 30.0. The van der Waals surface area contributed by atoms with E-state index in [1.807, 2.05) is 163 Å². The maximum Gasteiger partial charge on any atom is 0.268 e. The molecular formula is C70H73FN14O7S3. The van der Waals surface area contributed by atoms with Gasteiger partial charge in [-0.1, -0.05) is 100 Å². The SMILES string of the molecule is C=C(c1ccc(-c2cnc(C)c(-c3nnc(-c4ccccc4)o3)n2)c(/C=C/F)c1)N(C)C.CCS(=O)(=O)c1ccc(-c2cnc(C)c(-c3nnc(-c4ccccc4)o3)n2)cc1.Cc1ncc(-c2ccc(S(=O)C(C)C)cc2)nc1-c1nnc(-c2ccc(C3CCCN3)s2)o1.O.[HH].[HH].[HH]. The van der Waals surface area contributed by atoms with Crippen LogP contribution in [0.25, 0.3) is 114 Å². The Kier molecular flexibility index (Phi) is 21.5. The predicted molar refractivity (Wildman–Crippen MR) is 373 cm³/mol. The molecule has 1 fully saturated rings. The number of hydrogen-bond acceptors (Lipinski definition) is 21. The summed E-state index contributed by atoms with van der Waals surface area (Å²) in [6, 6.07) is 43.4. The van der Waals surface area contributed by atoms with Gasteiger partial charge in [-0.15, -0.1) is 41.9 Å². The number of aromatic nitrogens is 12. The Hall–Kier alpha value is -10.3. The number of aryl methyl sites for hydroxylation is 3. The molecule has 12 aromatic rings. The molecule has 13 rings (SSSR count). The van der Waals surface area contributed by atoms with E-state index < -0.39 is 20.6 Å². The van der Waals surface area contributed by atoms with Crippen LogP contribution in [-0.2, 0) is 20.6 Å². The fraction of sp³-hybridized carbons (Fsp3) is 0.200. The van der Waals surface area contributed by atoms with E-state index in [4.69, 9.17) is 23.2 Å². The summed E-state index contributed by atoms with van der Waals surface area (Å²) < 4.78 is 67.1. The number of hydrogen-bond donors (Lipinski definition) is 1. The quantitative estimate of drug-likeness (QED) is 0.0886. The summed E-state index contributed by atoms with van der Waals surface area (Å²) in [4.78, 5) is 32.7. The highest BCUT2D eigenvalue weighted by molar-refractivity contribution is 7.91. The van der Waals surface area contributed by atoms with Crippen LogP contribution in [0.1, 0.15) is 77.0 Å². The molecular weight excluding hydrogens is 1260 g/mol. The second-order valence-corrected chi connectivity index (χ2v) is 27.5. The highest BCUT2D eigenvalue weighted by Crippen LogP contribution is 2.37. The van der Waals surface area contributed by atoms with Gasteiger partial charge in [-0.3, -0.25) is 19.2 Å². The zero-order valence-electron chi connectivity index (χ0n) is 53.2. The van der Waals surface area contributed by atoms with Crippen LogP contribution in [0.15, 0.2) is 194 Å². The van der Waals surface area contributed by atoms with E-state index in [1.165, 1.54) is 17.4 Å². The Morgan fingerprint density at radius 3 is 1.63 bits per heavy atom. The minimum Gasteiger partial charge on any atom is -0.415 e. The molecule has 1 aliphatic rings. The van der Waals surface area contributed by atoms with E-state index in [1.54, 1.807) is 61.1 Å². The van der Waals surface area contributed by atoms with Crippen LogP contribution < -0.4 is 5.32 Å². The van der Waals surface area contributed by atoms with E-state index in [9.17, 15) is 17.0 Å². The number of halogens is 1. The monoisotopic (exact) mass is 1340 g/mol. The maximum absolute atomic E-state index is 13.2. The van der Waals surface area contributed by atoms with Crippen LogP contribution >= 0.6 is 11.3 Å². The van der Waals surface area contributed by atoms with Gasteiger partial charge in [-0.25, -0.2) is 27.8 Å². The summed E-state index contributed by atoms with van der Waals surface area (Å²) >= 11 is 1.68. The summed E-state index contributed by atoms with van der Waals surface area (Å²) in [6.45, 7) is 16.2. The lowest BCUT2D eigenvalue weighted by Crippen LogP contribution is -2.11. The van der Waals surface area contributed by atoms with E-state index in [0.717, 1.165) is 61.8 Å². The molecule has 7 aromatic heterocycles. The Morgan fingerprint density at radius 1 is 0.663 bits per heavy atom. The van der Waals surface area contributed by atoms with E-state index in [0.29, 0.717) is 92.7 Å². The fourth-order valence-corrected chi connectivity index (χ4v) is 12.7. The lowest BCUT2D eigenvalue weighted by Gasteiger charge is -2.17. The molecule has 25 heteroatoms. The van der Waals surface area contributed by atoms with Gasteiger partial charge in [-0.05, 0) is 124 Å². The highest BCUT2D eigenvalue weighted by atomic mass is 32.2. The Labute approximate surface area is 559 Å². The number of nitrogens with one attached hydrogen (secondary N) is 1. The van der Waals surface area contributed by atoms with Gasteiger partial charge in [0, 0.05) is 73.0 Å². The smallest absolute Gasteiger partial charge is 0.268 e. The molecule has 0 aliphatic carbocycles. The van der Waals surface area contributed by atoms with Crippen LogP contribution in [0, 0.1) is 20.8 Å². The third-order valence-electron chi connectivity index (χ3n) is 15.2. The molecule has 5 aromatic carbocycles. The zero-order valence-corrected chi connectivity index (χ0v) is 55.7. The third-order valence-corrected chi connectivity index (χ3v) is 19.7. The van der Waals surface area contributed by atoms with Crippen molar-refractivity contribution in [2.24, 2.45) is 0 Å². The molecule has 0 bridgehead atoms. The van der Waals surface area contributed by atoms with Crippen molar-refractivity contribution in [3.63, 3.8) is 0 Å². The van der Waals surface area contributed by atoms with Crippen LogP contribution in [0.3, 0.4) is 0 Å². The molecule has 0 radical (unpaired) electrons. The average molecular weight is 1340 g/mol. The summed E-state index contributed by atoms with van der Waals surface area (Å²) in [6.07, 6.45) is 9.27. The van der Waals surface area contributed by atoms with E-state index in [2.05, 4.69) is 68.5 Å². The first-order chi connectivity index (χ1) is 45.4. The number of benzene rings is 5. The van der Waals surface area contributed by atoms with Gasteiger partial charge in [0.2, 0.25) is 11.8 Å². The summed E-state index contributed by atoms with van der Waals surface area (Å²) in [5.41, 5.74) is 11.8. The number of nitrogens with zero attached hydrogens (tertiary/aromatic N) is 13. The molecule has 1 saturated heterocycles. The van der Waals surface area contributed by atoms with Crippen LogP contribution in [0.2, 0.25) is 0 Å². The predicted octanol–water partition coefficient (Wildman–Crippen LogP) is 14.7. The van der Waals surface area contributed by atoms with Crippen LogP contribution in [-0.4, -0.2) is 115 Å². The standard InChI is InChI=1S/C25H22FN5O.C24H25N5O2S2.C21H18N4O3S.H2O.3H2/c1-16-23(25-30-29-24(32-25)18-8-6-5-7-9-18)28-22(15-27-16)21-11-10-19(17(2)31(3)4)14-20(21)12-13-26;1-14(2)33(30)17-8-6-16(7-9-17)19-13-26-15(3)22(27-19)24-29-28-23(31-24)21-11-10-20(32-21)18-5-4-12-25-18;1-3-29(26,27)17-11-9-15(10-12-17)18-13-22-14(2)19(23-18)21-25-24-20(28-21)16-7-5-4-6-8-16;;;;/h5-15H,2H2,1,3-4H3;6-11,13-14,18,25H,4-5,12H2,1-3H3;4-13H,3H2,1-2H3;1H2;3*1H/b13-12+;;;;;;. The van der Waals surface area contributed by atoms with Gasteiger partial charge in [0.15, 0.2) is 9.84 Å². The average Bonchev–Trinajstić information content (AvgIpc) is 1.37. The molecule has 2 unspecified atom stereocenters. The summed E-state index contributed by atoms with van der Waals surface area (Å²) in [7, 11) is -0.454. The molecule has 0 saturated carbocycles. The van der Waals surface area contributed by atoms with Crippen molar-refractivity contribution in [3.05, 3.63) is 204 Å². The largest absolute Gasteiger partial charge is 0.415 e.